The topological polar surface area (TPSA) is 112 Å². The van der Waals surface area contributed by atoms with Crippen molar-refractivity contribution in [2.24, 2.45) is 0 Å². The first-order valence-electron chi connectivity index (χ1n) is 13.0. The fraction of sp³-hybridized carbons (Fsp3) is 0.407. The van der Waals surface area contributed by atoms with Crippen molar-refractivity contribution in [1.29, 1.82) is 0 Å². The predicted octanol–water partition coefficient (Wildman–Crippen LogP) is 5.06. The van der Waals surface area contributed by atoms with Crippen LogP contribution in [0.4, 0.5) is 34.5 Å². The number of aromatic nitrogens is 2. The van der Waals surface area contributed by atoms with E-state index in [4.69, 9.17) is 16.3 Å². The van der Waals surface area contributed by atoms with Crippen LogP contribution in [-0.2, 0) is 10.0 Å². The van der Waals surface area contributed by atoms with Crippen LogP contribution >= 0.6 is 11.6 Å². The summed E-state index contributed by atoms with van der Waals surface area (Å²) in [6.07, 6.45) is 5.09. The summed E-state index contributed by atoms with van der Waals surface area (Å²) in [5.74, 6) is 1.33. The summed E-state index contributed by atoms with van der Waals surface area (Å²) < 4.78 is 33.4. The van der Waals surface area contributed by atoms with E-state index in [2.05, 4.69) is 55.3 Å². The summed E-state index contributed by atoms with van der Waals surface area (Å²) in [7, 11) is 2.48. The molecule has 0 amide bonds. The van der Waals surface area contributed by atoms with E-state index >= 15 is 0 Å². The molecule has 3 aromatic rings. The first kappa shape index (κ1) is 27.3. The molecule has 10 nitrogen and oxygen atoms in total. The number of hydrogen-bond acceptors (Lipinski definition) is 9. The van der Waals surface area contributed by atoms with Crippen LogP contribution in [0.25, 0.3) is 0 Å². The summed E-state index contributed by atoms with van der Waals surface area (Å²) >= 11 is 6.40. The number of benzene rings is 2. The molecule has 2 fully saturated rings. The maximum absolute atomic E-state index is 12.5. The molecule has 0 spiro atoms. The van der Waals surface area contributed by atoms with Gasteiger partial charge < -0.3 is 25.2 Å². The van der Waals surface area contributed by atoms with Gasteiger partial charge in [-0.2, -0.15) is 4.98 Å². The molecule has 0 radical (unpaired) electrons. The Hall–Kier alpha value is -3.28. The highest BCUT2D eigenvalue weighted by atomic mass is 35.5. The van der Waals surface area contributed by atoms with Gasteiger partial charge in [-0.15, -0.1) is 0 Å². The van der Waals surface area contributed by atoms with Gasteiger partial charge in [0, 0.05) is 30.9 Å². The van der Waals surface area contributed by atoms with E-state index in [1.807, 2.05) is 12.1 Å². The third kappa shape index (κ3) is 6.48. The molecule has 2 aromatic carbocycles. The zero-order valence-electron chi connectivity index (χ0n) is 22.3. The minimum Gasteiger partial charge on any atom is -0.494 e. The zero-order chi connectivity index (χ0) is 27.6. The van der Waals surface area contributed by atoms with Crippen LogP contribution in [0.1, 0.15) is 25.7 Å². The summed E-state index contributed by atoms with van der Waals surface area (Å²) in [5, 5.41) is 6.33. The smallest absolute Gasteiger partial charge is 0.235 e. The number of nitrogens with one attached hydrogen (secondary N) is 3. The van der Waals surface area contributed by atoms with E-state index in [9.17, 15) is 8.42 Å². The highest BCUT2D eigenvalue weighted by Gasteiger charge is 2.36. The lowest BCUT2D eigenvalue weighted by molar-refractivity contribution is 0.249. The van der Waals surface area contributed by atoms with E-state index in [0.29, 0.717) is 52.8 Å². The van der Waals surface area contributed by atoms with Crippen LogP contribution in [-0.4, -0.2) is 68.9 Å². The minimum absolute atomic E-state index is 0.295. The molecule has 1 saturated heterocycles. The molecule has 1 aliphatic heterocycles. The molecule has 1 aliphatic carbocycles. The summed E-state index contributed by atoms with van der Waals surface area (Å²) in [6.45, 7) is 1.98. The lowest BCUT2D eigenvalue weighted by Crippen LogP contribution is -2.41. The van der Waals surface area contributed by atoms with Crippen molar-refractivity contribution in [3.8, 4) is 5.75 Å². The number of anilines is 6. The Morgan fingerprint density at radius 1 is 1.00 bits per heavy atom. The molecule has 0 unspecified atom stereocenters. The van der Waals surface area contributed by atoms with E-state index in [0.717, 1.165) is 37.3 Å². The van der Waals surface area contributed by atoms with Gasteiger partial charge in [0.05, 0.1) is 35.6 Å². The molecular formula is C27H34ClN7O3S. The van der Waals surface area contributed by atoms with Gasteiger partial charge in [0.2, 0.25) is 16.0 Å². The Morgan fingerprint density at radius 2 is 1.72 bits per heavy atom. The third-order valence-corrected chi connectivity index (χ3v) is 9.26. The van der Waals surface area contributed by atoms with Crippen molar-refractivity contribution >= 4 is 56.1 Å². The van der Waals surface area contributed by atoms with Crippen molar-refractivity contribution in [1.82, 2.24) is 14.9 Å². The Morgan fingerprint density at radius 3 is 2.38 bits per heavy atom. The number of nitrogens with zero attached hydrogens (tertiary/aromatic N) is 4. The standard InChI is InChI=1S/C27H34ClN7O3S/c1-34(2)18-12-14-35(15-13-18)19-8-11-24(25(16-19)38-3)31-27-29-17-21(28)26(32-27)30-22-6-4-5-7-23(22)33-39(36,37)20-9-10-20/h4-8,11,16-18,20,33H,9-10,12-15H2,1-3H3,(H2,29,30,31,32). The van der Waals surface area contributed by atoms with Gasteiger partial charge in [-0.3, -0.25) is 4.72 Å². The van der Waals surface area contributed by atoms with Crippen LogP contribution in [0.15, 0.2) is 48.7 Å². The average molecular weight is 572 g/mol. The molecule has 0 bridgehead atoms. The first-order valence-corrected chi connectivity index (χ1v) is 14.9. The number of rotatable bonds is 10. The highest BCUT2D eigenvalue weighted by molar-refractivity contribution is 7.93. The van der Waals surface area contributed by atoms with Gasteiger partial charge in [0.25, 0.3) is 0 Å². The molecule has 2 aliphatic rings. The minimum atomic E-state index is -3.43. The largest absolute Gasteiger partial charge is 0.494 e. The number of ether oxygens (including phenoxy) is 1. The van der Waals surface area contributed by atoms with Gasteiger partial charge in [-0.25, -0.2) is 13.4 Å². The normalized spacial score (nSPS) is 16.3. The number of sulfonamides is 1. The molecule has 1 saturated carbocycles. The zero-order valence-corrected chi connectivity index (χ0v) is 23.9. The van der Waals surface area contributed by atoms with E-state index < -0.39 is 10.0 Å². The van der Waals surface area contributed by atoms with Crippen LogP contribution < -0.4 is 25.0 Å². The van der Waals surface area contributed by atoms with E-state index in [1.54, 1.807) is 31.4 Å². The van der Waals surface area contributed by atoms with Gasteiger partial charge in [0.15, 0.2) is 5.82 Å². The Bertz CT molecular complexity index is 1420. The highest BCUT2D eigenvalue weighted by Crippen LogP contribution is 2.35. The maximum atomic E-state index is 12.5. The maximum Gasteiger partial charge on any atom is 0.235 e. The van der Waals surface area contributed by atoms with Gasteiger partial charge in [-0.05, 0) is 64.0 Å². The lowest BCUT2D eigenvalue weighted by Gasteiger charge is -2.36. The molecule has 5 rings (SSSR count). The number of piperidine rings is 1. The van der Waals surface area contributed by atoms with Crippen LogP contribution in [0.2, 0.25) is 5.02 Å². The van der Waals surface area contributed by atoms with Crippen molar-refractivity contribution in [3.05, 3.63) is 53.7 Å². The van der Waals surface area contributed by atoms with Crippen LogP contribution in [0.3, 0.4) is 0 Å². The Labute approximate surface area is 234 Å². The number of methoxy groups -OCH3 is 1. The lowest BCUT2D eigenvalue weighted by atomic mass is 10.0. The van der Waals surface area contributed by atoms with Crippen molar-refractivity contribution in [2.45, 2.75) is 37.0 Å². The molecule has 3 N–H and O–H groups in total. The fourth-order valence-electron chi connectivity index (χ4n) is 4.68. The summed E-state index contributed by atoms with van der Waals surface area (Å²) in [5.41, 5.74) is 2.79. The van der Waals surface area contributed by atoms with Crippen LogP contribution in [0.5, 0.6) is 5.75 Å². The number of para-hydroxylation sites is 2. The summed E-state index contributed by atoms with van der Waals surface area (Å²) in [6, 6.07) is 13.7. The molecular weight excluding hydrogens is 538 g/mol. The Kier molecular flexibility index (Phi) is 8.01. The summed E-state index contributed by atoms with van der Waals surface area (Å²) in [4.78, 5) is 13.5. The average Bonchev–Trinajstić information content (AvgIpc) is 3.78. The predicted molar refractivity (Wildman–Crippen MR) is 158 cm³/mol. The monoisotopic (exact) mass is 571 g/mol. The third-order valence-electron chi connectivity index (χ3n) is 7.13. The number of hydrogen-bond donors (Lipinski definition) is 3. The molecule has 39 heavy (non-hydrogen) atoms. The van der Waals surface area contributed by atoms with Gasteiger partial charge in [-0.1, -0.05) is 23.7 Å². The van der Waals surface area contributed by atoms with Crippen LogP contribution in [0, 0.1) is 0 Å². The fourth-order valence-corrected chi connectivity index (χ4v) is 6.23. The quantitative estimate of drug-likeness (QED) is 0.307. The number of halogens is 1. The molecule has 208 valence electrons. The molecule has 1 aromatic heterocycles. The molecule has 2 heterocycles. The first-order chi connectivity index (χ1) is 18.7. The van der Waals surface area contributed by atoms with Gasteiger partial charge >= 0.3 is 0 Å². The Balaban J connectivity index is 1.32. The van der Waals surface area contributed by atoms with E-state index in [1.165, 1.54) is 6.20 Å². The SMILES string of the molecule is COc1cc(N2CCC(N(C)C)CC2)ccc1Nc1ncc(Cl)c(Nc2ccccc2NS(=O)(=O)C2CC2)n1. The van der Waals surface area contributed by atoms with E-state index in [-0.39, 0.29) is 5.25 Å². The molecule has 0 atom stereocenters. The second kappa shape index (κ2) is 11.4. The van der Waals surface area contributed by atoms with Crippen molar-refractivity contribution in [2.75, 3.05) is 54.6 Å². The van der Waals surface area contributed by atoms with Gasteiger partial charge in [0.1, 0.15) is 10.8 Å². The van der Waals surface area contributed by atoms with Crippen molar-refractivity contribution in [3.63, 3.8) is 0 Å². The second-order valence-electron chi connectivity index (χ2n) is 10.1. The van der Waals surface area contributed by atoms with Crippen molar-refractivity contribution < 1.29 is 13.2 Å². The second-order valence-corrected chi connectivity index (χ2v) is 12.5. The molecule has 12 heteroatoms.